The van der Waals surface area contributed by atoms with Crippen molar-refractivity contribution in [3.05, 3.63) is 23.5 Å². The summed E-state index contributed by atoms with van der Waals surface area (Å²) in [5.41, 5.74) is -1.22. The molecule has 3 heterocycles. The minimum Gasteiger partial charge on any atom is -0.381 e. The molecule has 10 heteroatoms. The van der Waals surface area contributed by atoms with E-state index >= 15 is 0 Å². The third-order valence-electron chi connectivity index (χ3n) is 5.44. The number of hydrogen-bond acceptors (Lipinski definition) is 5. The lowest BCUT2D eigenvalue weighted by atomic mass is 9.99. The Hall–Kier alpha value is -1.23. The van der Waals surface area contributed by atoms with Crippen LogP contribution in [-0.2, 0) is 20.9 Å². The predicted octanol–water partition coefficient (Wildman–Crippen LogP) is 2.14. The Labute approximate surface area is 157 Å². The number of aryl methyl sites for hydroxylation is 1. The highest BCUT2D eigenvalue weighted by Gasteiger charge is 2.36. The zero-order valence-corrected chi connectivity index (χ0v) is 16.2. The first-order valence-corrected chi connectivity index (χ1v) is 10.4. The van der Waals surface area contributed by atoms with Gasteiger partial charge in [-0.3, -0.25) is 4.90 Å². The average molecular weight is 407 g/mol. The number of piperazine rings is 1. The second-order valence-corrected chi connectivity index (χ2v) is 8.99. The lowest BCUT2D eigenvalue weighted by Gasteiger charge is -2.39. The van der Waals surface area contributed by atoms with Gasteiger partial charge in [0.05, 0.1) is 12.3 Å². The highest BCUT2D eigenvalue weighted by atomic mass is 32.2. The third kappa shape index (κ3) is 4.28. The number of alkyl halides is 3. The number of hydrogen-bond donors (Lipinski definition) is 0. The minimum atomic E-state index is -4.60. The lowest BCUT2D eigenvalue weighted by molar-refractivity contribution is -0.141. The molecule has 1 aromatic rings. The summed E-state index contributed by atoms with van der Waals surface area (Å²) in [6, 6.07) is 2.04. The van der Waals surface area contributed by atoms with E-state index in [-0.39, 0.29) is 10.6 Å². The minimum absolute atomic E-state index is 0.135. The topological polar surface area (TPSA) is 62.7 Å². The third-order valence-corrected chi connectivity index (χ3v) is 7.47. The first-order chi connectivity index (χ1) is 12.6. The molecule has 2 saturated heterocycles. The Balaban J connectivity index is 1.70. The monoisotopic (exact) mass is 407 g/mol. The van der Waals surface area contributed by atoms with Gasteiger partial charge in [0.15, 0.2) is 0 Å². The van der Waals surface area contributed by atoms with E-state index < -0.39 is 21.9 Å². The summed E-state index contributed by atoms with van der Waals surface area (Å²) in [4.78, 5) is 5.53. The van der Waals surface area contributed by atoms with E-state index in [0.717, 1.165) is 31.8 Å². The Morgan fingerprint density at radius 2 is 1.89 bits per heavy atom. The quantitative estimate of drug-likeness (QED) is 0.765. The van der Waals surface area contributed by atoms with Gasteiger partial charge in [-0.15, -0.1) is 0 Å². The molecule has 3 rings (SSSR count). The number of pyridine rings is 1. The Morgan fingerprint density at radius 3 is 2.41 bits per heavy atom. The average Bonchev–Trinajstić information content (AvgIpc) is 3.14. The van der Waals surface area contributed by atoms with Crippen molar-refractivity contribution in [3.8, 4) is 0 Å². The van der Waals surface area contributed by atoms with Gasteiger partial charge in [0.2, 0.25) is 10.0 Å². The van der Waals surface area contributed by atoms with Crippen LogP contribution >= 0.6 is 0 Å². The second-order valence-electron chi connectivity index (χ2n) is 7.08. The molecule has 2 atom stereocenters. The second kappa shape index (κ2) is 7.65. The molecule has 0 aliphatic carbocycles. The maximum absolute atomic E-state index is 12.9. The SMILES string of the molecule is Cc1nc(C(F)(F)F)ccc1S(=O)(=O)N1CCN(C(C)C2CCOC2)CC1. The molecule has 27 heavy (non-hydrogen) atoms. The number of aromatic nitrogens is 1. The van der Waals surface area contributed by atoms with E-state index in [2.05, 4.69) is 16.8 Å². The molecule has 2 aliphatic heterocycles. The smallest absolute Gasteiger partial charge is 0.381 e. The normalized spacial score (nSPS) is 24.3. The van der Waals surface area contributed by atoms with Crippen molar-refractivity contribution >= 4 is 10.0 Å². The Morgan fingerprint density at radius 1 is 1.22 bits per heavy atom. The summed E-state index contributed by atoms with van der Waals surface area (Å²) in [5.74, 6) is 0.453. The van der Waals surface area contributed by atoms with Crippen LogP contribution in [0.5, 0.6) is 0 Å². The van der Waals surface area contributed by atoms with Crippen LogP contribution in [0.4, 0.5) is 13.2 Å². The maximum atomic E-state index is 12.9. The fraction of sp³-hybridized carbons (Fsp3) is 0.706. The molecule has 0 spiro atoms. The van der Waals surface area contributed by atoms with Gasteiger partial charge in [0.25, 0.3) is 0 Å². The zero-order chi connectivity index (χ0) is 19.8. The summed E-state index contributed by atoms with van der Waals surface area (Å²) < 4.78 is 70.8. The molecular formula is C17H24F3N3O3S. The van der Waals surface area contributed by atoms with E-state index in [9.17, 15) is 21.6 Å². The molecule has 6 nitrogen and oxygen atoms in total. The molecule has 0 amide bonds. The molecule has 152 valence electrons. The highest BCUT2D eigenvalue weighted by molar-refractivity contribution is 7.89. The molecule has 0 N–H and O–H groups in total. The van der Waals surface area contributed by atoms with Crippen LogP contribution in [0.2, 0.25) is 0 Å². The van der Waals surface area contributed by atoms with Gasteiger partial charge in [-0.25, -0.2) is 13.4 Å². The van der Waals surface area contributed by atoms with Gasteiger partial charge in [-0.2, -0.15) is 17.5 Å². The van der Waals surface area contributed by atoms with Crippen LogP contribution in [-0.4, -0.2) is 68.0 Å². The van der Waals surface area contributed by atoms with Gasteiger partial charge in [-0.05, 0) is 38.3 Å². The molecule has 2 aliphatic rings. The molecule has 2 unspecified atom stereocenters. The number of rotatable bonds is 4. The fourth-order valence-electron chi connectivity index (χ4n) is 3.70. The molecule has 2 fully saturated rings. The van der Waals surface area contributed by atoms with Crippen LogP contribution in [0.15, 0.2) is 17.0 Å². The first-order valence-electron chi connectivity index (χ1n) is 8.97. The van der Waals surface area contributed by atoms with Crippen LogP contribution in [0.3, 0.4) is 0 Å². The van der Waals surface area contributed by atoms with E-state index in [1.165, 1.54) is 11.2 Å². The molecule has 0 bridgehead atoms. The van der Waals surface area contributed by atoms with Gasteiger partial charge in [0.1, 0.15) is 10.6 Å². The van der Waals surface area contributed by atoms with Crippen molar-refractivity contribution < 1.29 is 26.3 Å². The van der Waals surface area contributed by atoms with Gasteiger partial charge in [0, 0.05) is 38.8 Å². The predicted molar refractivity (Wildman–Crippen MR) is 92.7 cm³/mol. The summed E-state index contributed by atoms with van der Waals surface area (Å²) in [6.45, 7) is 6.71. The summed E-state index contributed by atoms with van der Waals surface area (Å²) in [7, 11) is -3.87. The molecule has 0 aromatic carbocycles. The molecular weight excluding hydrogens is 383 g/mol. The molecule has 0 radical (unpaired) electrons. The maximum Gasteiger partial charge on any atom is 0.433 e. The summed E-state index contributed by atoms with van der Waals surface area (Å²) >= 11 is 0. The van der Waals surface area contributed by atoms with Crippen LogP contribution in [0.25, 0.3) is 0 Å². The van der Waals surface area contributed by atoms with Gasteiger partial charge >= 0.3 is 6.18 Å². The van der Waals surface area contributed by atoms with Crippen molar-refractivity contribution in [2.75, 3.05) is 39.4 Å². The van der Waals surface area contributed by atoms with Crippen molar-refractivity contribution in [1.82, 2.24) is 14.2 Å². The Kier molecular flexibility index (Phi) is 5.81. The van der Waals surface area contributed by atoms with Crippen LogP contribution < -0.4 is 0 Å². The van der Waals surface area contributed by atoms with E-state index in [4.69, 9.17) is 4.74 Å². The van der Waals surface area contributed by atoms with Gasteiger partial charge in [-0.1, -0.05) is 0 Å². The summed E-state index contributed by atoms with van der Waals surface area (Å²) in [5, 5.41) is 0. The summed E-state index contributed by atoms with van der Waals surface area (Å²) in [6.07, 6.45) is -3.59. The standard InChI is InChI=1S/C17H24F3N3O3S/c1-12-15(3-4-16(21-12)17(18,19)20)27(24,25)23-8-6-22(7-9-23)13(2)14-5-10-26-11-14/h3-4,13-14H,5-11H2,1-2H3. The van der Waals surface area contributed by atoms with E-state index in [1.54, 1.807) is 0 Å². The lowest BCUT2D eigenvalue weighted by Crippen LogP contribution is -2.53. The van der Waals surface area contributed by atoms with Gasteiger partial charge < -0.3 is 4.74 Å². The largest absolute Gasteiger partial charge is 0.433 e. The van der Waals surface area contributed by atoms with Crippen molar-refractivity contribution in [2.45, 2.75) is 37.4 Å². The van der Waals surface area contributed by atoms with Crippen LogP contribution in [0, 0.1) is 12.8 Å². The van der Waals surface area contributed by atoms with Crippen molar-refractivity contribution in [2.24, 2.45) is 5.92 Å². The van der Waals surface area contributed by atoms with E-state index in [0.29, 0.717) is 38.1 Å². The van der Waals surface area contributed by atoms with Crippen molar-refractivity contribution in [1.29, 1.82) is 0 Å². The number of sulfonamides is 1. The number of ether oxygens (including phenoxy) is 1. The molecule has 1 aromatic heterocycles. The molecule has 0 saturated carbocycles. The Bertz CT molecular complexity index is 771. The van der Waals surface area contributed by atoms with E-state index in [1.807, 2.05) is 0 Å². The number of nitrogens with zero attached hydrogens (tertiary/aromatic N) is 3. The fourth-order valence-corrected chi connectivity index (χ4v) is 5.28. The zero-order valence-electron chi connectivity index (χ0n) is 15.4. The first kappa shape index (κ1) is 20.5. The van der Waals surface area contributed by atoms with Crippen LogP contribution in [0.1, 0.15) is 24.7 Å². The highest BCUT2D eigenvalue weighted by Crippen LogP contribution is 2.30. The van der Waals surface area contributed by atoms with Crippen molar-refractivity contribution in [3.63, 3.8) is 0 Å². The number of halogens is 3.